The summed E-state index contributed by atoms with van der Waals surface area (Å²) >= 11 is 7.55. The van der Waals surface area contributed by atoms with Gasteiger partial charge in [-0.25, -0.2) is 9.97 Å². The van der Waals surface area contributed by atoms with E-state index in [1.165, 1.54) is 5.56 Å². The van der Waals surface area contributed by atoms with Crippen LogP contribution in [0.5, 0.6) is 0 Å². The molecule has 5 heteroatoms. The van der Waals surface area contributed by atoms with Crippen molar-refractivity contribution < 1.29 is 4.74 Å². The van der Waals surface area contributed by atoms with Crippen LogP contribution in [0.4, 0.5) is 0 Å². The Labute approximate surface area is 122 Å². The van der Waals surface area contributed by atoms with E-state index in [0.717, 1.165) is 27.3 Å². The molecule has 0 atom stereocenters. The molecule has 1 aromatic heterocycles. The van der Waals surface area contributed by atoms with E-state index in [0.29, 0.717) is 6.61 Å². The molecule has 0 aliphatic carbocycles. The fourth-order valence-corrected chi connectivity index (χ4v) is 2.68. The Morgan fingerprint density at radius 3 is 2.63 bits per heavy atom. The van der Waals surface area contributed by atoms with Crippen LogP contribution in [0.25, 0.3) is 0 Å². The van der Waals surface area contributed by atoms with Gasteiger partial charge < -0.3 is 4.74 Å². The third kappa shape index (κ3) is 4.49. The largest absolute Gasteiger partial charge is 0.378 e. The van der Waals surface area contributed by atoms with Crippen LogP contribution in [0.15, 0.2) is 35.4 Å². The summed E-state index contributed by atoms with van der Waals surface area (Å²) in [5, 5.41) is 1.73. The third-order valence-electron chi connectivity index (χ3n) is 2.46. The summed E-state index contributed by atoms with van der Waals surface area (Å²) in [6, 6.07) is 9.83. The van der Waals surface area contributed by atoms with E-state index in [9.17, 15) is 0 Å². The van der Waals surface area contributed by atoms with E-state index in [1.54, 1.807) is 18.9 Å². The number of rotatable bonds is 5. The van der Waals surface area contributed by atoms with Gasteiger partial charge in [-0.3, -0.25) is 0 Å². The van der Waals surface area contributed by atoms with Crippen LogP contribution >= 0.6 is 23.4 Å². The zero-order valence-corrected chi connectivity index (χ0v) is 12.5. The highest BCUT2D eigenvalue weighted by molar-refractivity contribution is 7.98. The average molecular weight is 295 g/mol. The summed E-state index contributed by atoms with van der Waals surface area (Å²) in [5.74, 6) is 1.63. The lowest BCUT2D eigenvalue weighted by atomic mass is 10.2. The summed E-state index contributed by atoms with van der Waals surface area (Å²) in [6.45, 7) is 2.41. The van der Waals surface area contributed by atoms with Gasteiger partial charge in [-0.15, -0.1) is 11.8 Å². The molecule has 19 heavy (non-hydrogen) atoms. The highest BCUT2D eigenvalue weighted by Gasteiger charge is 2.03. The first-order valence-electron chi connectivity index (χ1n) is 5.88. The number of aromatic nitrogens is 2. The van der Waals surface area contributed by atoms with Crippen molar-refractivity contribution in [2.45, 2.75) is 24.3 Å². The second-order valence-electron chi connectivity index (χ2n) is 4.09. The summed E-state index contributed by atoms with van der Waals surface area (Å²) in [4.78, 5) is 8.74. The van der Waals surface area contributed by atoms with Crippen LogP contribution in [0.3, 0.4) is 0 Å². The van der Waals surface area contributed by atoms with Crippen LogP contribution in [0.1, 0.15) is 17.1 Å². The smallest absolute Gasteiger partial charge is 0.126 e. The quantitative estimate of drug-likeness (QED) is 0.619. The first kappa shape index (κ1) is 14.3. The van der Waals surface area contributed by atoms with Crippen molar-refractivity contribution in [3.8, 4) is 0 Å². The third-order valence-corrected chi connectivity index (χ3v) is 3.69. The molecule has 2 rings (SSSR count). The molecule has 100 valence electrons. The van der Waals surface area contributed by atoms with E-state index in [1.807, 2.05) is 37.3 Å². The Bertz CT molecular complexity index is 546. The molecule has 0 N–H and O–H groups in total. The minimum atomic E-state index is 0.512. The zero-order valence-electron chi connectivity index (χ0n) is 10.9. The van der Waals surface area contributed by atoms with E-state index in [2.05, 4.69) is 9.97 Å². The van der Waals surface area contributed by atoms with Gasteiger partial charge in [0.1, 0.15) is 10.9 Å². The predicted molar refractivity (Wildman–Crippen MR) is 78.5 cm³/mol. The van der Waals surface area contributed by atoms with Crippen LogP contribution in [0, 0.1) is 6.92 Å². The van der Waals surface area contributed by atoms with Crippen molar-refractivity contribution in [1.82, 2.24) is 9.97 Å². The van der Waals surface area contributed by atoms with Crippen molar-refractivity contribution in [2.75, 3.05) is 7.11 Å². The normalized spacial score (nSPS) is 10.7. The molecule has 3 nitrogen and oxygen atoms in total. The van der Waals surface area contributed by atoms with Gasteiger partial charge in [0.25, 0.3) is 0 Å². The average Bonchev–Trinajstić information content (AvgIpc) is 2.38. The van der Waals surface area contributed by atoms with Crippen LogP contribution in [-0.2, 0) is 17.1 Å². The lowest BCUT2D eigenvalue weighted by Gasteiger charge is -2.05. The van der Waals surface area contributed by atoms with E-state index in [4.69, 9.17) is 16.3 Å². The van der Waals surface area contributed by atoms with E-state index >= 15 is 0 Å². The summed E-state index contributed by atoms with van der Waals surface area (Å²) in [7, 11) is 1.66. The maximum Gasteiger partial charge on any atom is 0.126 e. The molecule has 1 aromatic carbocycles. The summed E-state index contributed by atoms with van der Waals surface area (Å²) in [5.41, 5.74) is 2.13. The molecule has 0 bridgehead atoms. The second-order valence-corrected chi connectivity index (χ2v) is 5.52. The molecule has 0 saturated heterocycles. The van der Waals surface area contributed by atoms with Gasteiger partial charge in [-0.05, 0) is 30.7 Å². The summed E-state index contributed by atoms with van der Waals surface area (Å²) < 4.78 is 5.10. The first-order chi connectivity index (χ1) is 9.17. The minimum absolute atomic E-state index is 0.512. The van der Waals surface area contributed by atoms with Crippen molar-refractivity contribution in [3.63, 3.8) is 0 Å². The Kier molecular flexibility index (Phi) is 5.19. The molecule has 0 unspecified atom stereocenters. The van der Waals surface area contributed by atoms with Crippen LogP contribution in [0.2, 0.25) is 5.02 Å². The van der Waals surface area contributed by atoms with E-state index in [-0.39, 0.29) is 0 Å². The van der Waals surface area contributed by atoms with Crippen molar-refractivity contribution in [2.24, 2.45) is 0 Å². The maximum absolute atomic E-state index is 5.86. The van der Waals surface area contributed by atoms with Gasteiger partial charge in [0.2, 0.25) is 0 Å². The molecule has 0 aliphatic heterocycles. The number of nitrogens with zero attached hydrogens (tertiary/aromatic N) is 2. The number of benzene rings is 1. The van der Waals surface area contributed by atoms with Gasteiger partial charge >= 0.3 is 0 Å². The second kappa shape index (κ2) is 6.89. The van der Waals surface area contributed by atoms with Crippen molar-refractivity contribution in [1.29, 1.82) is 0 Å². The number of hydrogen-bond donors (Lipinski definition) is 0. The van der Waals surface area contributed by atoms with Crippen molar-refractivity contribution in [3.05, 3.63) is 52.4 Å². The Morgan fingerprint density at radius 1 is 1.21 bits per heavy atom. The number of ether oxygens (including phenoxy) is 1. The predicted octanol–water partition coefficient (Wildman–Crippen LogP) is 3.88. The van der Waals surface area contributed by atoms with E-state index < -0.39 is 0 Å². The zero-order chi connectivity index (χ0) is 13.7. The molecule has 0 fully saturated rings. The van der Waals surface area contributed by atoms with Crippen LogP contribution in [-0.4, -0.2) is 17.1 Å². The van der Waals surface area contributed by atoms with Gasteiger partial charge in [0.05, 0.1) is 12.3 Å². The van der Waals surface area contributed by atoms with Gasteiger partial charge in [0, 0.05) is 17.9 Å². The summed E-state index contributed by atoms with van der Waals surface area (Å²) in [6.07, 6.45) is 0. The standard InChI is InChI=1S/C14H15ClN2OS/c1-10-16-13(8-18-2)7-14(17-10)19-9-11-3-5-12(15)6-4-11/h3-7H,8-9H2,1-2H3. The molecular formula is C14H15ClN2OS. The van der Waals surface area contributed by atoms with Crippen LogP contribution < -0.4 is 0 Å². The molecule has 2 aromatic rings. The number of aryl methyl sites for hydroxylation is 1. The van der Waals surface area contributed by atoms with Crippen molar-refractivity contribution >= 4 is 23.4 Å². The lowest BCUT2D eigenvalue weighted by molar-refractivity contribution is 0.181. The highest BCUT2D eigenvalue weighted by Crippen LogP contribution is 2.22. The van der Waals surface area contributed by atoms with Gasteiger partial charge in [0.15, 0.2) is 0 Å². The fourth-order valence-electron chi connectivity index (χ4n) is 1.63. The Hall–Kier alpha value is -1.10. The molecule has 0 spiro atoms. The fraction of sp³-hybridized carbons (Fsp3) is 0.286. The topological polar surface area (TPSA) is 35.0 Å². The Morgan fingerprint density at radius 2 is 1.95 bits per heavy atom. The van der Waals surface area contributed by atoms with Gasteiger partial charge in [-0.1, -0.05) is 23.7 Å². The minimum Gasteiger partial charge on any atom is -0.378 e. The number of methoxy groups -OCH3 is 1. The molecule has 0 amide bonds. The molecule has 0 radical (unpaired) electrons. The molecule has 0 saturated carbocycles. The number of hydrogen-bond acceptors (Lipinski definition) is 4. The maximum atomic E-state index is 5.86. The molecular weight excluding hydrogens is 280 g/mol. The van der Waals surface area contributed by atoms with Gasteiger partial charge in [-0.2, -0.15) is 0 Å². The molecule has 0 aliphatic rings. The highest BCUT2D eigenvalue weighted by atomic mass is 35.5. The lowest BCUT2D eigenvalue weighted by Crippen LogP contribution is -1.98. The monoisotopic (exact) mass is 294 g/mol. The Balaban J connectivity index is 2.04. The number of thioether (sulfide) groups is 1. The first-order valence-corrected chi connectivity index (χ1v) is 7.24. The molecule has 1 heterocycles. The SMILES string of the molecule is COCc1cc(SCc2ccc(Cl)cc2)nc(C)n1. The number of halogens is 1.